The van der Waals surface area contributed by atoms with E-state index in [9.17, 15) is 17.6 Å². The Morgan fingerprint density at radius 3 is 2.91 bits per heavy atom. The molecule has 1 aromatic rings. The molecule has 1 aromatic heterocycles. The summed E-state index contributed by atoms with van der Waals surface area (Å²) < 4.78 is 44.6. The number of piperidine rings is 1. The second kappa shape index (κ2) is 6.14. The number of pyridine rings is 1. The summed E-state index contributed by atoms with van der Waals surface area (Å²) in [4.78, 5) is 17.6. The van der Waals surface area contributed by atoms with Crippen molar-refractivity contribution in [3.05, 3.63) is 29.8 Å². The van der Waals surface area contributed by atoms with E-state index in [0.717, 1.165) is 12.5 Å². The quantitative estimate of drug-likeness (QED) is 0.761. The summed E-state index contributed by atoms with van der Waals surface area (Å²) in [6.07, 6.45) is 3.79. The minimum Gasteiger partial charge on any atom is -0.375 e. The number of hydrogen-bond donors (Lipinski definition) is 0. The van der Waals surface area contributed by atoms with Gasteiger partial charge in [0.15, 0.2) is 5.82 Å². The number of aromatic nitrogens is 1. The monoisotopic (exact) mass is 343 g/mol. The number of carbonyl (C=O) groups is 1. The highest BCUT2D eigenvalue weighted by atomic mass is 32.2. The SMILES string of the molecule is CS(=O)(=O)N1CCO[C@H]2CCN(C(=O)c3ccncc3F)C[C@@H]21. The van der Waals surface area contributed by atoms with Crippen molar-refractivity contribution in [2.45, 2.75) is 18.6 Å². The number of rotatable bonds is 2. The van der Waals surface area contributed by atoms with Gasteiger partial charge in [0.25, 0.3) is 5.91 Å². The van der Waals surface area contributed by atoms with Crippen LogP contribution < -0.4 is 0 Å². The molecule has 0 aromatic carbocycles. The van der Waals surface area contributed by atoms with Crippen molar-refractivity contribution < 1.29 is 22.3 Å². The molecule has 3 heterocycles. The predicted octanol–water partition coefficient (Wildman–Crippen LogP) is 0.0956. The van der Waals surface area contributed by atoms with Gasteiger partial charge < -0.3 is 9.64 Å². The highest BCUT2D eigenvalue weighted by Gasteiger charge is 2.42. The first-order chi connectivity index (χ1) is 10.9. The number of likely N-dealkylation sites (tertiary alicyclic amines) is 1. The molecule has 0 spiro atoms. The lowest BCUT2D eigenvalue weighted by Gasteiger charge is -2.45. The first kappa shape index (κ1) is 16.3. The maximum atomic E-state index is 13.8. The number of morpholine rings is 1. The molecule has 0 unspecified atom stereocenters. The van der Waals surface area contributed by atoms with Crippen LogP contribution in [0.3, 0.4) is 0 Å². The molecule has 0 N–H and O–H groups in total. The summed E-state index contributed by atoms with van der Waals surface area (Å²) in [6, 6.07) is 0.900. The van der Waals surface area contributed by atoms with Gasteiger partial charge in [-0.1, -0.05) is 0 Å². The Labute approximate surface area is 134 Å². The maximum absolute atomic E-state index is 13.8. The Balaban J connectivity index is 1.82. The molecule has 0 saturated carbocycles. The second-order valence-corrected chi connectivity index (χ2v) is 7.68. The van der Waals surface area contributed by atoms with Crippen LogP contribution in [-0.4, -0.2) is 73.2 Å². The van der Waals surface area contributed by atoms with E-state index in [4.69, 9.17) is 4.74 Å². The number of sulfonamides is 1. The molecule has 9 heteroatoms. The molecule has 126 valence electrons. The standard InChI is InChI=1S/C14H18FN3O4S/c1-23(20,21)18-6-7-22-13-3-5-17(9-12(13)18)14(19)10-2-4-16-8-11(10)15/h2,4,8,12-13H,3,5-7,9H2,1H3/t12-,13-/m0/s1. The fraction of sp³-hybridized carbons (Fsp3) is 0.571. The normalized spacial score (nSPS) is 25.9. The molecule has 3 rings (SSSR count). The number of ether oxygens (including phenoxy) is 1. The van der Waals surface area contributed by atoms with Gasteiger partial charge in [0.05, 0.1) is 36.8 Å². The van der Waals surface area contributed by atoms with Gasteiger partial charge in [0.2, 0.25) is 10.0 Å². The minimum absolute atomic E-state index is 0.0546. The lowest BCUT2D eigenvalue weighted by Crippen LogP contribution is -2.61. The van der Waals surface area contributed by atoms with Gasteiger partial charge in [0, 0.05) is 25.8 Å². The number of nitrogens with zero attached hydrogens (tertiary/aromatic N) is 3. The number of carbonyl (C=O) groups excluding carboxylic acids is 1. The Bertz CT molecular complexity index is 712. The molecule has 2 saturated heterocycles. The van der Waals surface area contributed by atoms with Crippen LogP contribution in [0.5, 0.6) is 0 Å². The van der Waals surface area contributed by atoms with Gasteiger partial charge >= 0.3 is 0 Å². The van der Waals surface area contributed by atoms with E-state index in [2.05, 4.69) is 4.98 Å². The molecule has 7 nitrogen and oxygen atoms in total. The number of halogens is 1. The lowest BCUT2D eigenvalue weighted by atomic mass is 10.00. The van der Waals surface area contributed by atoms with Crippen LogP contribution in [-0.2, 0) is 14.8 Å². The predicted molar refractivity (Wildman–Crippen MR) is 79.8 cm³/mol. The highest BCUT2D eigenvalue weighted by molar-refractivity contribution is 7.88. The van der Waals surface area contributed by atoms with Gasteiger partial charge in [-0.15, -0.1) is 0 Å². The first-order valence-electron chi connectivity index (χ1n) is 7.35. The molecule has 2 fully saturated rings. The maximum Gasteiger partial charge on any atom is 0.257 e. The molecule has 1 amide bonds. The van der Waals surface area contributed by atoms with Crippen molar-refractivity contribution in [3.8, 4) is 0 Å². The zero-order valence-electron chi connectivity index (χ0n) is 12.7. The summed E-state index contributed by atoms with van der Waals surface area (Å²) in [5.41, 5.74) is -0.0546. The highest BCUT2D eigenvalue weighted by Crippen LogP contribution is 2.26. The molecule has 0 radical (unpaired) electrons. The lowest BCUT2D eigenvalue weighted by molar-refractivity contribution is -0.0704. The molecule has 2 atom stereocenters. The summed E-state index contributed by atoms with van der Waals surface area (Å²) in [6.45, 7) is 1.21. The van der Waals surface area contributed by atoms with Crippen LogP contribution in [0.1, 0.15) is 16.8 Å². The largest absolute Gasteiger partial charge is 0.375 e. The third kappa shape index (κ3) is 3.22. The van der Waals surface area contributed by atoms with Crippen LogP contribution >= 0.6 is 0 Å². The molecular weight excluding hydrogens is 325 g/mol. The molecule has 0 bridgehead atoms. The van der Waals surface area contributed by atoms with Crippen molar-refractivity contribution in [2.24, 2.45) is 0 Å². The summed E-state index contributed by atoms with van der Waals surface area (Å²) in [7, 11) is -3.39. The molecular formula is C14H18FN3O4S. The zero-order chi connectivity index (χ0) is 16.6. The van der Waals surface area contributed by atoms with Crippen LogP contribution in [0.15, 0.2) is 18.5 Å². The van der Waals surface area contributed by atoms with E-state index >= 15 is 0 Å². The topological polar surface area (TPSA) is 79.8 Å². The van der Waals surface area contributed by atoms with Gasteiger partial charge in [-0.3, -0.25) is 9.78 Å². The van der Waals surface area contributed by atoms with E-state index < -0.39 is 27.8 Å². The summed E-state index contributed by atoms with van der Waals surface area (Å²) in [5, 5.41) is 0. The van der Waals surface area contributed by atoms with Crippen molar-refractivity contribution in [1.29, 1.82) is 0 Å². The third-order valence-corrected chi connectivity index (χ3v) is 5.56. The fourth-order valence-electron chi connectivity index (χ4n) is 3.16. The van der Waals surface area contributed by atoms with Crippen molar-refractivity contribution in [2.75, 3.05) is 32.5 Å². The fourth-order valence-corrected chi connectivity index (χ4v) is 4.26. The summed E-state index contributed by atoms with van der Waals surface area (Å²) in [5.74, 6) is -1.14. The van der Waals surface area contributed by atoms with E-state index in [-0.39, 0.29) is 24.8 Å². The average Bonchev–Trinajstić information content (AvgIpc) is 2.52. The molecule has 2 aliphatic heterocycles. The third-order valence-electron chi connectivity index (χ3n) is 4.25. The van der Waals surface area contributed by atoms with Crippen molar-refractivity contribution in [3.63, 3.8) is 0 Å². The minimum atomic E-state index is -3.39. The molecule has 2 aliphatic rings. The van der Waals surface area contributed by atoms with Crippen LogP contribution in [0.4, 0.5) is 4.39 Å². The van der Waals surface area contributed by atoms with Crippen LogP contribution in [0.2, 0.25) is 0 Å². The van der Waals surface area contributed by atoms with E-state index in [1.54, 1.807) is 0 Å². The number of amides is 1. The summed E-state index contributed by atoms with van der Waals surface area (Å²) >= 11 is 0. The van der Waals surface area contributed by atoms with E-state index in [0.29, 0.717) is 19.6 Å². The van der Waals surface area contributed by atoms with E-state index in [1.165, 1.54) is 21.5 Å². The Morgan fingerprint density at radius 2 is 2.22 bits per heavy atom. The average molecular weight is 343 g/mol. The van der Waals surface area contributed by atoms with Crippen molar-refractivity contribution >= 4 is 15.9 Å². The van der Waals surface area contributed by atoms with Gasteiger partial charge in [-0.25, -0.2) is 12.8 Å². The van der Waals surface area contributed by atoms with Crippen LogP contribution in [0.25, 0.3) is 0 Å². The molecule has 0 aliphatic carbocycles. The zero-order valence-corrected chi connectivity index (χ0v) is 13.5. The van der Waals surface area contributed by atoms with Crippen molar-refractivity contribution in [1.82, 2.24) is 14.2 Å². The Hall–Kier alpha value is -1.58. The Morgan fingerprint density at radius 1 is 1.43 bits per heavy atom. The molecule has 23 heavy (non-hydrogen) atoms. The van der Waals surface area contributed by atoms with Crippen LogP contribution in [0, 0.1) is 5.82 Å². The van der Waals surface area contributed by atoms with E-state index in [1.807, 2.05) is 0 Å². The van der Waals surface area contributed by atoms with Gasteiger partial charge in [-0.2, -0.15) is 4.31 Å². The Kier molecular flexibility index (Phi) is 4.35. The van der Waals surface area contributed by atoms with Gasteiger partial charge in [0.1, 0.15) is 0 Å². The van der Waals surface area contributed by atoms with Gasteiger partial charge in [-0.05, 0) is 12.5 Å². The first-order valence-corrected chi connectivity index (χ1v) is 9.20. The second-order valence-electron chi connectivity index (χ2n) is 5.75. The number of hydrogen-bond acceptors (Lipinski definition) is 5. The number of fused-ring (bicyclic) bond motifs is 1. The smallest absolute Gasteiger partial charge is 0.257 e.